The van der Waals surface area contributed by atoms with Gasteiger partial charge in [0.1, 0.15) is 17.8 Å². The Labute approximate surface area is 210 Å². The zero-order valence-corrected chi connectivity index (χ0v) is 20.8. The highest BCUT2D eigenvalue weighted by molar-refractivity contribution is 6.09. The number of methoxy groups -OCH3 is 1. The molecule has 1 aromatic heterocycles. The summed E-state index contributed by atoms with van der Waals surface area (Å²) in [4.78, 5) is 45.2. The Morgan fingerprint density at radius 2 is 1.81 bits per heavy atom. The van der Waals surface area contributed by atoms with E-state index in [0.717, 1.165) is 51.9 Å². The highest BCUT2D eigenvalue weighted by Crippen LogP contribution is 2.39. The van der Waals surface area contributed by atoms with E-state index in [4.69, 9.17) is 4.74 Å². The summed E-state index contributed by atoms with van der Waals surface area (Å²) in [6, 6.07) is 15.4. The molecule has 1 atom stereocenters. The molecule has 1 spiro atoms. The Hall–Kier alpha value is -3.81. The molecule has 1 saturated heterocycles. The molecule has 5 rings (SSSR count). The van der Waals surface area contributed by atoms with Gasteiger partial charge in [-0.3, -0.25) is 14.5 Å². The van der Waals surface area contributed by atoms with E-state index in [1.54, 1.807) is 19.1 Å². The number of para-hydroxylation sites is 1. The first-order valence-corrected chi connectivity index (χ1v) is 12.5. The van der Waals surface area contributed by atoms with Crippen LogP contribution < -0.4 is 10.1 Å². The number of imide groups is 1. The Morgan fingerprint density at radius 1 is 1.08 bits per heavy atom. The van der Waals surface area contributed by atoms with Crippen molar-refractivity contribution in [2.45, 2.75) is 43.6 Å². The van der Waals surface area contributed by atoms with Crippen molar-refractivity contribution in [2.75, 3.05) is 27.2 Å². The fraction of sp³-hybridized carbons (Fsp3) is 0.393. The lowest BCUT2D eigenvalue weighted by Crippen LogP contribution is -2.49. The van der Waals surface area contributed by atoms with Gasteiger partial charge < -0.3 is 19.9 Å². The van der Waals surface area contributed by atoms with E-state index in [1.807, 2.05) is 48.7 Å². The molecule has 1 aliphatic heterocycles. The minimum Gasteiger partial charge on any atom is -0.497 e. The van der Waals surface area contributed by atoms with Crippen LogP contribution in [0.1, 0.15) is 49.1 Å². The summed E-state index contributed by atoms with van der Waals surface area (Å²) in [6.45, 7) is 0.0528. The third-order valence-corrected chi connectivity index (χ3v) is 7.80. The lowest BCUT2D eigenvalue weighted by Gasteiger charge is -2.35. The van der Waals surface area contributed by atoms with E-state index in [2.05, 4.69) is 16.4 Å². The second-order valence-electron chi connectivity index (χ2n) is 9.74. The topological polar surface area (TPSA) is 94.7 Å². The molecule has 8 nitrogen and oxygen atoms in total. The number of carbonyl (C=O) groups is 3. The monoisotopic (exact) mass is 488 g/mol. The second kappa shape index (κ2) is 9.68. The van der Waals surface area contributed by atoms with Crippen molar-refractivity contribution in [3.63, 3.8) is 0 Å². The van der Waals surface area contributed by atoms with Crippen molar-refractivity contribution < 1.29 is 19.1 Å². The smallest absolute Gasteiger partial charge is 0.327 e. The number of nitrogens with one attached hydrogen (secondary N) is 2. The SMILES string of the molecule is COc1ccc([C@H](CNC(=O)CN2C(=O)N(C)C3(CCCCC3)C2=O)c2c[nH]c3ccccc23)cc1. The van der Waals surface area contributed by atoms with Gasteiger partial charge in [0.15, 0.2) is 0 Å². The minimum absolute atomic E-state index is 0.131. The molecule has 4 amide bonds. The van der Waals surface area contributed by atoms with Gasteiger partial charge in [-0.1, -0.05) is 49.6 Å². The fourth-order valence-electron chi connectivity index (χ4n) is 5.71. The van der Waals surface area contributed by atoms with Gasteiger partial charge in [0.2, 0.25) is 5.91 Å². The van der Waals surface area contributed by atoms with Crippen molar-refractivity contribution in [3.8, 4) is 5.75 Å². The van der Waals surface area contributed by atoms with Crippen molar-refractivity contribution in [2.24, 2.45) is 0 Å². The van der Waals surface area contributed by atoms with Crippen LogP contribution in [-0.2, 0) is 9.59 Å². The van der Waals surface area contributed by atoms with Crippen LogP contribution >= 0.6 is 0 Å². The van der Waals surface area contributed by atoms with Crippen LogP contribution in [0.5, 0.6) is 5.75 Å². The van der Waals surface area contributed by atoms with Gasteiger partial charge in [0, 0.05) is 36.6 Å². The van der Waals surface area contributed by atoms with Crippen LogP contribution in [0.3, 0.4) is 0 Å². The highest BCUT2D eigenvalue weighted by Gasteiger charge is 2.55. The number of aromatic nitrogens is 1. The third-order valence-electron chi connectivity index (χ3n) is 7.80. The number of nitrogens with zero attached hydrogens (tertiary/aromatic N) is 2. The Bertz CT molecular complexity index is 1280. The van der Waals surface area contributed by atoms with Crippen molar-refractivity contribution in [1.82, 2.24) is 20.1 Å². The minimum atomic E-state index is -0.786. The van der Waals surface area contributed by atoms with Crippen molar-refractivity contribution in [3.05, 3.63) is 65.9 Å². The van der Waals surface area contributed by atoms with E-state index in [-0.39, 0.29) is 30.3 Å². The van der Waals surface area contributed by atoms with E-state index >= 15 is 0 Å². The van der Waals surface area contributed by atoms with E-state index in [9.17, 15) is 14.4 Å². The average molecular weight is 489 g/mol. The van der Waals surface area contributed by atoms with Crippen LogP contribution in [0.15, 0.2) is 54.7 Å². The van der Waals surface area contributed by atoms with Crippen LogP contribution in [0.2, 0.25) is 0 Å². The number of urea groups is 1. The number of H-pyrrole nitrogens is 1. The van der Waals surface area contributed by atoms with Crippen LogP contribution in [0, 0.1) is 0 Å². The molecule has 2 fully saturated rings. The first kappa shape index (κ1) is 23.9. The third kappa shape index (κ3) is 4.10. The molecule has 36 heavy (non-hydrogen) atoms. The molecule has 2 heterocycles. The first-order chi connectivity index (χ1) is 17.4. The molecule has 2 aromatic carbocycles. The summed E-state index contributed by atoms with van der Waals surface area (Å²) >= 11 is 0. The summed E-state index contributed by atoms with van der Waals surface area (Å²) in [5.41, 5.74) is 2.32. The zero-order chi connectivity index (χ0) is 25.3. The quantitative estimate of drug-likeness (QED) is 0.491. The van der Waals surface area contributed by atoms with Gasteiger partial charge in [-0.2, -0.15) is 0 Å². The van der Waals surface area contributed by atoms with Gasteiger partial charge in [0.25, 0.3) is 5.91 Å². The van der Waals surface area contributed by atoms with Crippen molar-refractivity contribution in [1.29, 1.82) is 0 Å². The van der Waals surface area contributed by atoms with Crippen molar-refractivity contribution >= 4 is 28.7 Å². The number of aromatic amines is 1. The number of benzene rings is 2. The normalized spacial score (nSPS) is 18.2. The number of hydrogen-bond donors (Lipinski definition) is 2. The molecule has 0 bridgehead atoms. The lowest BCUT2D eigenvalue weighted by molar-refractivity contribution is -0.137. The number of fused-ring (bicyclic) bond motifs is 1. The van der Waals surface area contributed by atoms with Gasteiger partial charge >= 0.3 is 6.03 Å². The number of hydrogen-bond acceptors (Lipinski definition) is 4. The standard InChI is InChI=1S/C28H32N4O4/c1-31-27(35)32(26(34)28(31)14-6-3-7-15-28)18-25(33)30-16-22(19-10-12-20(36-2)13-11-19)23-17-29-24-9-5-4-8-21(23)24/h4-5,8-13,17,22,29H,3,6-7,14-16,18H2,1-2H3,(H,30,33)/t22-/m0/s1. The molecule has 3 aromatic rings. The molecule has 1 aliphatic carbocycles. The van der Waals surface area contributed by atoms with E-state index in [0.29, 0.717) is 19.4 Å². The first-order valence-electron chi connectivity index (χ1n) is 12.5. The summed E-state index contributed by atoms with van der Waals surface area (Å²) in [7, 11) is 3.31. The number of ether oxygens (including phenoxy) is 1. The maximum Gasteiger partial charge on any atom is 0.327 e. The molecule has 2 aliphatic rings. The molecule has 188 valence electrons. The predicted molar refractivity (Wildman–Crippen MR) is 137 cm³/mol. The van der Waals surface area contributed by atoms with Gasteiger partial charge in [-0.25, -0.2) is 4.79 Å². The molecule has 1 saturated carbocycles. The maximum absolute atomic E-state index is 13.3. The Kier molecular flexibility index (Phi) is 6.43. The van der Waals surface area contributed by atoms with Crippen LogP contribution in [0.4, 0.5) is 4.79 Å². The molecular formula is C28H32N4O4. The molecular weight excluding hydrogens is 456 g/mol. The summed E-state index contributed by atoms with van der Waals surface area (Å²) in [6.07, 6.45) is 6.19. The van der Waals surface area contributed by atoms with E-state index in [1.165, 1.54) is 0 Å². The predicted octanol–water partition coefficient (Wildman–Crippen LogP) is 4.02. The summed E-state index contributed by atoms with van der Waals surface area (Å²) in [5.74, 6) is 0.0325. The van der Waals surface area contributed by atoms with Gasteiger partial charge in [-0.05, 0) is 42.2 Å². The summed E-state index contributed by atoms with van der Waals surface area (Å²) in [5, 5.41) is 4.07. The lowest BCUT2D eigenvalue weighted by atomic mass is 9.81. The fourth-order valence-corrected chi connectivity index (χ4v) is 5.71. The van der Waals surface area contributed by atoms with Crippen LogP contribution in [-0.4, -0.2) is 65.4 Å². The largest absolute Gasteiger partial charge is 0.497 e. The number of rotatable bonds is 7. The highest BCUT2D eigenvalue weighted by atomic mass is 16.5. The molecule has 2 N–H and O–H groups in total. The molecule has 8 heteroatoms. The Morgan fingerprint density at radius 3 is 2.53 bits per heavy atom. The number of carbonyl (C=O) groups excluding carboxylic acids is 3. The van der Waals surface area contributed by atoms with Gasteiger partial charge in [-0.15, -0.1) is 0 Å². The average Bonchev–Trinajstić information content (AvgIpc) is 3.41. The molecule has 0 unspecified atom stereocenters. The summed E-state index contributed by atoms with van der Waals surface area (Å²) < 4.78 is 5.31. The second-order valence-corrected chi connectivity index (χ2v) is 9.74. The maximum atomic E-state index is 13.3. The number of amides is 4. The molecule has 0 radical (unpaired) electrons. The zero-order valence-electron chi connectivity index (χ0n) is 20.8. The number of likely N-dealkylation sites (N-methyl/N-ethyl adjacent to an activating group) is 1. The Balaban J connectivity index is 1.34. The van der Waals surface area contributed by atoms with Gasteiger partial charge in [0.05, 0.1) is 7.11 Å². The van der Waals surface area contributed by atoms with Crippen LogP contribution in [0.25, 0.3) is 10.9 Å². The van der Waals surface area contributed by atoms with E-state index < -0.39 is 5.54 Å².